The minimum Gasteiger partial charge on any atom is -0.378 e. The lowest BCUT2D eigenvalue weighted by Crippen LogP contribution is -2.44. The molecule has 0 aromatic rings. The smallest absolute Gasteiger partial charge is 0.221 e. The van der Waals surface area contributed by atoms with E-state index >= 15 is 0 Å². The summed E-state index contributed by atoms with van der Waals surface area (Å²) in [6, 6.07) is 0.0338. The third-order valence-electron chi connectivity index (χ3n) is 2.61. The number of carbonyl (C=O) groups excluding carboxylic acids is 1. The normalized spacial score (nSPS) is 21.1. The summed E-state index contributed by atoms with van der Waals surface area (Å²) in [6.07, 6.45) is 0.326. The van der Waals surface area contributed by atoms with Crippen LogP contribution in [0.5, 0.6) is 0 Å². The van der Waals surface area contributed by atoms with Crippen molar-refractivity contribution < 1.29 is 17.9 Å². The van der Waals surface area contributed by atoms with Crippen LogP contribution in [0.3, 0.4) is 0 Å². The van der Waals surface area contributed by atoms with Gasteiger partial charge < -0.3 is 15.4 Å². The first-order valence-electron chi connectivity index (χ1n) is 5.82. The van der Waals surface area contributed by atoms with Crippen molar-refractivity contribution in [3.05, 3.63) is 0 Å². The Hall–Kier alpha value is -0.660. The number of sulfone groups is 1. The topological polar surface area (TPSA) is 84.5 Å². The van der Waals surface area contributed by atoms with Crippen molar-refractivity contribution in [2.75, 3.05) is 37.8 Å². The van der Waals surface area contributed by atoms with Gasteiger partial charge >= 0.3 is 0 Å². The van der Waals surface area contributed by atoms with Crippen molar-refractivity contribution in [2.45, 2.75) is 19.4 Å². The van der Waals surface area contributed by atoms with Gasteiger partial charge in [-0.05, 0) is 0 Å². The summed E-state index contributed by atoms with van der Waals surface area (Å²) >= 11 is 0. The Kier molecular flexibility index (Phi) is 5.87. The van der Waals surface area contributed by atoms with Crippen molar-refractivity contribution in [3.63, 3.8) is 0 Å². The predicted molar refractivity (Wildman–Crippen MR) is 64.6 cm³/mol. The molecule has 1 saturated heterocycles. The second-order valence-electron chi connectivity index (χ2n) is 4.02. The van der Waals surface area contributed by atoms with Gasteiger partial charge in [0.15, 0.2) is 9.84 Å². The fraction of sp³-hybridized carbons (Fsp3) is 0.900. The lowest BCUT2D eigenvalue weighted by molar-refractivity contribution is -0.122. The molecule has 0 aromatic heterocycles. The number of ether oxygens (including phenoxy) is 1. The summed E-state index contributed by atoms with van der Waals surface area (Å²) in [7, 11) is -3.00. The number of nitrogens with one attached hydrogen (secondary N) is 2. The van der Waals surface area contributed by atoms with E-state index in [4.69, 9.17) is 4.74 Å². The molecule has 0 spiro atoms. The van der Waals surface area contributed by atoms with Crippen molar-refractivity contribution in [2.24, 2.45) is 0 Å². The monoisotopic (exact) mass is 264 g/mol. The minimum absolute atomic E-state index is 0.00380. The highest BCUT2D eigenvalue weighted by molar-refractivity contribution is 7.91. The maximum absolute atomic E-state index is 11.5. The van der Waals surface area contributed by atoms with Gasteiger partial charge in [-0.25, -0.2) is 8.42 Å². The molecule has 100 valence electrons. The number of rotatable bonds is 6. The van der Waals surface area contributed by atoms with E-state index in [0.29, 0.717) is 19.6 Å². The predicted octanol–water partition coefficient (Wildman–Crippen LogP) is -1.08. The Labute approximate surface area is 102 Å². The van der Waals surface area contributed by atoms with Crippen molar-refractivity contribution in [1.82, 2.24) is 10.6 Å². The second-order valence-corrected chi connectivity index (χ2v) is 6.49. The molecule has 0 aliphatic carbocycles. The fourth-order valence-electron chi connectivity index (χ4n) is 1.54. The molecule has 2 N–H and O–H groups in total. The first-order valence-corrected chi connectivity index (χ1v) is 7.64. The molecule has 1 aliphatic rings. The lowest BCUT2D eigenvalue weighted by Gasteiger charge is -2.23. The van der Waals surface area contributed by atoms with Crippen molar-refractivity contribution in [3.8, 4) is 0 Å². The number of morpholine rings is 1. The quantitative estimate of drug-likeness (QED) is 0.637. The van der Waals surface area contributed by atoms with Gasteiger partial charge in [0.25, 0.3) is 0 Å². The van der Waals surface area contributed by atoms with E-state index in [9.17, 15) is 13.2 Å². The third kappa shape index (κ3) is 5.99. The van der Waals surface area contributed by atoms with Crippen molar-refractivity contribution in [1.29, 1.82) is 0 Å². The standard InChI is InChI=1S/C10H20N2O4S/c1-2-17(14,15)6-4-12-10(13)7-9-8-16-5-3-11-9/h9,11H,2-8H2,1H3,(H,12,13). The van der Waals surface area contributed by atoms with E-state index in [2.05, 4.69) is 10.6 Å². The van der Waals surface area contributed by atoms with Crippen LogP contribution < -0.4 is 10.6 Å². The summed E-state index contributed by atoms with van der Waals surface area (Å²) in [6.45, 7) is 3.73. The Balaban J connectivity index is 2.16. The molecular formula is C10H20N2O4S. The molecule has 0 aromatic carbocycles. The van der Waals surface area contributed by atoms with Crippen molar-refractivity contribution >= 4 is 15.7 Å². The van der Waals surface area contributed by atoms with E-state index in [0.717, 1.165) is 6.54 Å². The van der Waals surface area contributed by atoms with Gasteiger partial charge in [-0.3, -0.25) is 4.79 Å². The Morgan fingerprint density at radius 2 is 2.29 bits per heavy atom. The molecule has 6 nitrogen and oxygen atoms in total. The average molecular weight is 264 g/mol. The molecule has 0 radical (unpaired) electrons. The summed E-state index contributed by atoms with van der Waals surface area (Å²) < 4.78 is 27.6. The largest absolute Gasteiger partial charge is 0.378 e. The van der Waals surface area contributed by atoms with Crippen LogP contribution in [0, 0.1) is 0 Å². The summed E-state index contributed by atoms with van der Waals surface area (Å²) in [5.74, 6) is -0.0237. The number of amides is 1. The van der Waals surface area contributed by atoms with Gasteiger partial charge in [0.1, 0.15) is 0 Å². The molecule has 7 heteroatoms. The maximum atomic E-state index is 11.5. The zero-order chi connectivity index (χ0) is 12.7. The van der Waals surface area contributed by atoms with E-state index in [1.54, 1.807) is 6.92 Å². The van der Waals surface area contributed by atoms with E-state index < -0.39 is 9.84 Å². The fourth-order valence-corrected chi connectivity index (χ4v) is 2.24. The van der Waals surface area contributed by atoms with Crippen LogP contribution in [0.25, 0.3) is 0 Å². The van der Waals surface area contributed by atoms with Crippen LogP contribution in [-0.2, 0) is 19.4 Å². The highest BCUT2D eigenvalue weighted by Crippen LogP contribution is 1.98. The van der Waals surface area contributed by atoms with E-state index in [1.807, 2.05) is 0 Å². The van der Waals surface area contributed by atoms with E-state index in [1.165, 1.54) is 0 Å². The van der Waals surface area contributed by atoms with Gasteiger partial charge in [0.2, 0.25) is 5.91 Å². The third-order valence-corrected chi connectivity index (χ3v) is 4.31. The highest BCUT2D eigenvalue weighted by Gasteiger charge is 2.17. The summed E-state index contributed by atoms with van der Waals surface area (Å²) in [4.78, 5) is 11.5. The number of hydrogen-bond acceptors (Lipinski definition) is 5. The zero-order valence-electron chi connectivity index (χ0n) is 10.1. The SMILES string of the molecule is CCS(=O)(=O)CCNC(=O)CC1COCCN1. The molecule has 17 heavy (non-hydrogen) atoms. The number of carbonyl (C=O) groups is 1. The molecule has 0 saturated carbocycles. The molecule has 1 aliphatic heterocycles. The number of hydrogen-bond donors (Lipinski definition) is 2. The van der Waals surface area contributed by atoms with Crippen LogP contribution in [-0.4, -0.2) is 58.2 Å². The molecule has 0 bridgehead atoms. The van der Waals surface area contributed by atoms with Crippen LogP contribution in [0.4, 0.5) is 0 Å². The summed E-state index contributed by atoms with van der Waals surface area (Å²) in [5.41, 5.74) is 0. The Morgan fingerprint density at radius 3 is 2.88 bits per heavy atom. The first-order chi connectivity index (χ1) is 8.03. The zero-order valence-corrected chi connectivity index (χ0v) is 10.9. The average Bonchev–Trinajstić information content (AvgIpc) is 2.30. The molecule has 1 rings (SSSR count). The van der Waals surface area contributed by atoms with Crippen LogP contribution in [0.2, 0.25) is 0 Å². The second kappa shape index (κ2) is 6.93. The molecule has 1 amide bonds. The van der Waals surface area contributed by atoms with Crippen LogP contribution in [0.1, 0.15) is 13.3 Å². The van der Waals surface area contributed by atoms with Crippen LogP contribution in [0.15, 0.2) is 0 Å². The molecule has 1 heterocycles. The molecule has 1 unspecified atom stereocenters. The molecular weight excluding hydrogens is 244 g/mol. The Bertz CT molecular complexity index is 336. The molecule has 1 atom stereocenters. The van der Waals surface area contributed by atoms with Gasteiger partial charge in [-0.15, -0.1) is 0 Å². The van der Waals surface area contributed by atoms with E-state index in [-0.39, 0.29) is 30.0 Å². The van der Waals surface area contributed by atoms with Gasteiger partial charge in [0, 0.05) is 31.3 Å². The van der Waals surface area contributed by atoms with Gasteiger partial charge in [-0.1, -0.05) is 6.92 Å². The van der Waals surface area contributed by atoms with Gasteiger partial charge in [-0.2, -0.15) is 0 Å². The Morgan fingerprint density at radius 1 is 1.53 bits per heavy atom. The van der Waals surface area contributed by atoms with Gasteiger partial charge in [0.05, 0.1) is 19.0 Å². The lowest BCUT2D eigenvalue weighted by atomic mass is 10.2. The maximum Gasteiger partial charge on any atom is 0.221 e. The molecule has 1 fully saturated rings. The minimum atomic E-state index is -3.00. The summed E-state index contributed by atoms with van der Waals surface area (Å²) in [5, 5.41) is 5.77. The first kappa shape index (κ1) is 14.4. The van der Waals surface area contributed by atoms with Crippen LogP contribution >= 0.6 is 0 Å². The highest BCUT2D eigenvalue weighted by atomic mass is 32.2.